The molecule has 4 nitrogen and oxygen atoms in total. The van der Waals surface area contributed by atoms with Crippen molar-refractivity contribution in [3.63, 3.8) is 0 Å². The molecule has 0 aromatic carbocycles. The van der Waals surface area contributed by atoms with Gasteiger partial charge in [-0.15, -0.1) is 0 Å². The molecule has 0 spiro atoms. The second kappa shape index (κ2) is 6.80. The van der Waals surface area contributed by atoms with Crippen molar-refractivity contribution in [1.29, 1.82) is 0 Å². The van der Waals surface area contributed by atoms with E-state index in [2.05, 4.69) is 15.3 Å². The third kappa shape index (κ3) is 3.41. The van der Waals surface area contributed by atoms with E-state index in [9.17, 15) is 4.39 Å². The molecular formula is C14H23FN4. The van der Waals surface area contributed by atoms with Gasteiger partial charge in [0.2, 0.25) is 0 Å². The van der Waals surface area contributed by atoms with Crippen LogP contribution in [0.1, 0.15) is 32.4 Å². The first-order valence-corrected chi connectivity index (χ1v) is 7.21. The summed E-state index contributed by atoms with van der Waals surface area (Å²) in [7, 11) is 0. The molecular weight excluding hydrogens is 243 g/mol. The minimum Gasteiger partial charge on any atom is -0.354 e. The molecule has 0 unspecified atom stereocenters. The maximum absolute atomic E-state index is 14.3. The smallest absolute Gasteiger partial charge is 0.187 e. The van der Waals surface area contributed by atoms with Crippen molar-refractivity contribution < 1.29 is 4.39 Å². The SMILES string of the molecule is CCc1ncnc(N(CC)CC2CCNCC2)c1F. The maximum atomic E-state index is 14.3. The van der Waals surface area contributed by atoms with Crippen LogP contribution in [-0.4, -0.2) is 36.1 Å². The Balaban J connectivity index is 2.12. The topological polar surface area (TPSA) is 41.1 Å². The number of hydrogen-bond acceptors (Lipinski definition) is 4. The van der Waals surface area contributed by atoms with Gasteiger partial charge in [-0.25, -0.2) is 14.4 Å². The van der Waals surface area contributed by atoms with E-state index in [4.69, 9.17) is 0 Å². The average Bonchev–Trinajstić information content (AvgIpc) is 2.46. The van der Waals surface area contributed by atoms with Crippen LogP contribution in [0.25, 0.3) is 0 Å². The number of aromatic nitrogens is 2. The standard InChI is InChI=1S/C14H23FN4/c1-3-12-13(15)14(18-10-17-12)19(4-2)9-11-5-7-16-8-6-11/h10-11,16H,3-9H2,1-2H3. The van der Waals surface area contributed by atoms with Crippen LogP contribution in [-0.2, 0) is 6.42 Å². The molecule has 1 N–H and O–H groups in total. The van der Waals surface area contributed by atoms with Crippen LogP contribution in [0.4, 0.5) is 10.2 Å². The van der Waals surface area contributed by atoms with Crippen molar-refractivity contribution in [3.05, 3.63) is 17.8 Å². The minimum absolute atomic E-state index is 0.249. The molecule has 1 fully saturated rings. The highest BCUT2D eigenvalue weighted by Crippen LogP contribution is 2.21. The zero-order valence-electron chi connectivity index (χ0n) is 11.8. The normalized spacial score (nSPS) is 16.6. The predicted octanol–water partition coefficient (Wildman–Crippen LogP) is 2.00. The first-order chi connectivity index (χ1) is 9.26. The van der Waals surface area contributed by atoms with Crippen LogP contribution in [0.3, 0.4) is 0 Å². The zero-order valence-corrected chi connectivity index (χ0v) is 11.8. The van der Waals surface area contributed by atoms with Crippen molar-refractivity contribution in [2.75, 3.05) is 31.1 Å². The van der Waals surface area contributed by atoms with Crippen LogP contribution in [0.2, 0.25) is 0 Å². The van der Waals surface area contributed by atoms with E-state index in [0.29, 0.717) is 23.9 Å². The summed E-state index contributed by atoms with van der Waals surface area (Å²) in [5, 5.41) is 3.36. The van der Waals surface area contributed by atoms with Crippen LogP contribution < -0.4 is 10.2 Å². The summed E-state index contributed by atoms with van der Waals surface area (Å²) in [5.41, 5.74) is 0.508. The number of rotatable bonds is 5. The van der Waals surface area contributed by atoms with E-state index in [1.165, 1.54) is 6.33 Å². The lowest BCUT2D eigenvalue weighted by molar-refractivity contribution is 0.372. The van der Waals surface area contributed by atoms with Gasteiger partial charge >= 0.3 is 0 Å². The van der Waals surface area contributed by atoms with Gasteiger partial charge in [-0.3, -0.25) is 0 Å². The summed E-state index contributed by atoms with van der Waals surface area (Å²) in [5.74, 6) is 0.842. The van der Waals surface area contributed by atoms with E-state index < -0.39 is 0 Å². The van der Waals surface area contributed by atoms with Crippen LogP contribution >= 0.6 is 0 Å². The Labute approximate surface area is 114 Å². The van der Waals surface area contributed by atoms with Gasteiger partial charge in [0.25, 0.3) is 0 Å². The molecule has 0 atom stereocenters. The lowest BCUT2D eigenvalue weighted by atomic mass is 9.97. The number of piperidine rings is 1. The molecule has 1 aliphatic heterocycles. The number of nitrogens with one attached hydrogen (secondary N) is 1. The van der Waals surface area contributed by atoms with Gasteiger partial charge in [-0.05, 0) is 45.2 Å². The van der Waals surface area contributed by atoms with Crippen molar-refractivity contribution >= 4 is 5.82 Å². The lowest BCUT2D eigenvalue weighted by Gasteiger charge is -2.30. The Morgan fingerprint density at radius 1 is 1.32 bits per heavy atom. The van der Waals surface area contributed by atoms with Gasteiger partial charge in [-0.1, -0.05) is 6.92 Å². The average molecular weight is 266 g/mol. The van der Waals surface area contributed by atoms with Crippen LogP contribution in [0.15, 0.2) is 6.33 Å². The van der Waals surface area contributed by atoms with E-state index >= 15 is 0 Å². The van der Waals surface area contributed by atoms with E-state index in [0.717, 1.165) is 39.0 Å². The van der Waals surface area contributed by atoms with Gasteiger partial charge in [-0.2, -0.15) is 0 Å². The molecule has 0 bridgehead atoms. The molecule has 2 rings (SSSR count). The minimum atomic E-state index is -0.249. The van der Waals surface area contributed by atoms with Crippen molar-refractivity contribution in [2.24, 2.45) is 5.92 Å². The van der Waals surface area contributed by atoms with Gasteiger partial charge in [0.1, 0.15) is 6.33 Å². The Hall–Kier alpha value is -1.23. The van der Waals surface area contributed by atoms with E-state index in [1.54, 1.807) is 0 Å². The number of halogens is 1. The fourth-order valence-corrected chi connectivity index (χ4v) is 2.60. The lowest BCUT2D eigenvalue weighted by Crippen LogP contribution is -2.37. The van der Waals surface area contributed by atoms with Crippen LogP contribution in [0, 0.1) is 11.7 Å². The van der Waals surface area contributed by atoms with Crippen LogP contribution in [0.5, 0.6) is 0 Å². The Morgan fingerprint density at radius 2 is 2.05 bits per heavy atom. The Kier molecular flexibility index (Phi) is 5.07. The predicted molar refractivity (Wildman–Crippen MR) is 74.8 cm³/mol. The van der Waals surface area contributed by atoms with Crippen molar-refractivity contribution in [2.45, 2.75) is 33.1 Å². The summed E-state index contributed by atoms with van der Waals surface area (Å²) in [6, 6.07) is 0. The molecule has 5 heteroatoms. The van der Waals surface area contributed by atoms with Crippen molar-refractivity contribution in [3.8, 4) is 0 Å². The summed E-state index contributed by atoms with van der Waals surface area (Å²) >= 11 is 0. The van der Waals surface area contributed by atoms with E-state index in [1.807, 2.05) is 18.7 Å². The van der Waals surface area contributed by atoms with Crippen molar-refractivity contribution in [1.82, 2.24) is 15.3 Å². The maximum Gasteiger partial charge on any atom is 0.187 e. The highest BCUT2D eigenvalue weighted by Gasteiger charge is 2.20. The Morgan fingerprint density at radius 3 is 2.68 bits per heavy atom. The molecule has 0 aliphatic carbocycles. The third-order valence-electron chi connectivity index (χ3n) is 3.80. The summed E-state index contributed by atoms with van der Waals surface area (Å²) < 4.78 is 14.3. The van der Waals surface area contributed by atoms with Gasteiger partial charge < -0.3 is 10.2 Å². The number of anilines is 1. The van der Waals surface area contributed by atoms with Gasteiger partial charge in [0, 0.05) is 13.1 Å². The van der Waals surface area contributed by atoms with Gasteiger partial charge in [0.05, 0.1) is 5.69 Å². The molecule has 106 valence electrons. The highest BCUT2D eigenvalue weighted by molar-refractivity contribution is 5.40. The monoisotopic (exact) mass is 266 g/mol. The second-order valence-electron chi connectivity index (χ2n) is 5.04. The molecule has 1 aliphatic rings. The molecule has 1 saturated heterocycles. The fraction of sp³-hybridized carbons (Fsp3) is 0.714. The van der Waals surface area contributed by atoms with Gasteiger partial charge in [0.15, 0.2) is 11.6 Å². The largest absolute Gasteiger partial charge is 0.354 e. The zero-order chi connectivity index (χ0) is 13.7. The molecule has 1 aromatic heterocycles. The highest BCUT2D eigenvalue weighted by atomic mass is 19.1. The fourth-order valence-electron chi connectivity index (χ4n) is 2.60. The quantitative estimate of drug-likeness (QED) is 0.885. The number of nitrogens with zero attached hydrogens (tertiary/aromatic N) is 3. The summed E-state index contributed by atoms with van der Waals surface area (Å²) in [6.07, 6.45) is 4.39. The van der Waals surface area contributed by atoms with E-state index in [-0.39, 0.29) is 5.82 Å². The number of aryl methyl sites for hydroxylation is 1. The molecule has 19 heavy (non-hydrogen) atoms. The molecule has 0 radical (unpaired) electrons. The first kappa shape index (κ1) is 14.2. The first-order valence-electron chi connectivity index (χ1n) is 7.21. The number of hydrogen-bond donors (Lipinski definition) is 1. The second-order valence-corrected chi connectivity index (χ2v) is 5.04. The Bertz CT molecular complexity index is 404. The summed E-state index contributed by atoms with van der Waals surface area (Å²) in [4.78, 5) is 10.2. The summed E-state index contributed by atoms with van der Waals surface area (Å²) in [6.45, 7) is 7.76. The molecule has 2 heterocycles. The molecule has 1 aromatic rings. The molecule has 0 amide bonds. The molecule has 0 saturated carbocycles. The third-order valence-corrected chi connectivity index (χ3v) is 3.80.